The predicted molar refractivity (Wildman–Crippen MR) is 102 cm³/mol. The van der Waals surface area contributed by atoms with Crippen molar-refractivity contribution in [1.82, 2.24) is 9.55 Å². The predicted octanol–water partition coefficient (Wildman–Crippen LogP) is 5.15. The van der Waals surface area contributed by atoms with E-state index in [9.17, 15) is 9.18 Å². The van der Waals surface area contributed by atoms with E-state index < -0.39 is 0 Å². The third-order valence-corrected chi connectivity index (χ3v) is 4.52. The van der Waals surface area contributed by atoms with Crippen molar-refractivity contribution < 1.29 is 4.39 Å². The van der Waals surface area contributed by atoms with Crippen LogP contribution < -0.4 is 5.56 Å². The van der Waals surface area contributed by atoms with Crippen LogP contribution in [0.3, 0.4) is 0 Å². The molecule has 4 rings (SSSR count). The van der Waals surface area contributed by atoms with Gasteiger partial charge in [-0.2, -0.15) is 0 Å². The maximum absolute atomic E-state index is 13.1. The van der Waals surface area contributed by atoms with Gasteiger partial charge in [-0.25, -0.2) is 9.37 Å². The zero-order valence-electron chi connectivity index (χ0n) is 13.9. The van der Waals surface area contributed by atoms with E-state index in [4.69, 9.17) is 11.6 Å². The molecule has 128 valence electrons. The van der Waals surface area contributed by atoms with Gasteiger partial charge in [0.2, 0.25) is 0 Å². The van der Waals surface area contributed by atoms with Crippen LogP contribution in [-0.4, -0.2) is 9.55 Å². The number of hydrogen-bond donors (Lipinski definition) is 0. The lowest BCUT2D eigenvalue weighted by atomic mass is 10.0. The number of rotatable bonds is 2. The molecule has 0 aliphatic heterocycles. The molecule has 0 spiro atoms. The molecule has 0 atom stereocenters. The van der Waals surface area contributed by atoms with Crippen molar-refractivity contribution in [2.45, 2.75) is 6.92 Å². The Morgan fingerprint density at radius 2 is 1.69 bits per heavy atom. The highest BCUT2D eigenvalue weighted by molar-refractivity contribution is 6.30. The minimum atomic E-state index is -0.284. The molecular weight excluding hydrogens is 351 g/mol. The maximum Gasteiger partial charge on any atom is 0.265 e. The monoisotopic (exact) mass is 364 g/mol. The van der Waals surface area contributed by atoms with Gasteiger partial charge in [0.05, 0.1) is 16.6 Å². The summed E-state index contributed by atoms with van der Waals surface area (Å²) >= 11 is 6.05. The van der Waals surface area contributed by atoms with Crippen LogP contribution in [0.25, 0.3) is 27.7 Å². The molecular formula is C21H14ClFN2O. The smallest absolute Gasteiger partial charge is 0.265 e. The van der Waals surface area contributed by atoms with Gasteiger partial charge in [-0.05, 0) is 60.5 Å². The summed E-state index contributed by atoms with van der Waals surface area (Å²) < 4.78 is 14.7. The standard InChI is InChI=1S/C21H14ClFN2O/c1-13-24-20-11-15(14-5-8-17(23)9-6-14)7-10-19(20)21(26)25(13)18-4-2-3-16(22)12-18/h2-12H,1H3. The van der Waals surface area contributed by atoms with Gasteiger partial charge in [0, 0.05) is 5.02 Å². The third-order valence-electron chi connectivity index (χ3n) is 4.28. The second-order valence-electron chi connectivity index (χ2n) is 6.02. The molecule has 0 bridgehead atoms. The van der Waals surface area contributed by atoms with Gasteiger partial charge in [0.1, 0.15) is 11.6 Å². The molecule has 0 unspecified atom stereocenters. The van der Waals surface area contributed by atoms with Crippen LogP contribution in [0, 0.1) is 12.7 Å². The normalized spacial score (nSPS) is 11.0. The Morgan fingerprint density at radius 1 is 0.962 bits per heavy atom. The van der Waals surface area contributed by atoms with Crippen molar-refractivity contribution >= 4 is 22.5 Å². The molecule has 26 heavy (non-hydrogen) atoms. The number of fused-ring (bicyclic) bond motifs is 1. The van der Waals surface area contributed by atoms with Crippen LogP contribution >= 0.6 is 11.6 Å². The Hall–Kier alpha value is -2.98. The Morgan fingerprint density at radius 3 is 2.42 bits per heavy atom. The summed E-state index contributed by atoms with van der Waals surface area (Å²) in [7, 11) is 0. The summed E-state index contributed by atoms with van der Waals surface area (Å²) in [6.07, 6.45) is 0. The molecule has 0 aliphatic carbocycles. The lowest BCUT2D eigenvalue weighted by Gasteiger charge is -2.12. The number of benzene rings is 3. The molecule has 0 saturated heterocycles. The van der Waals surface area contributed by atoms with Crippen LogP contribution in [0.5, 0.6) is 0 Å². The van der Waals surface area contributed by atoms with Gasteiger partial charge in [-0.3, -0.25) is 9.36 Å². The van der Waals surface area contributed by atoms with Crippen molar-refractivity contribution in [3.8, 4) is 16.8 Å². The van der Waals surface area contributed by atoms with E-state index in [0.29, 0.717) is 27.4 Å². The highest BCUT2D eigenvalue weighted by Gasteiger charge is 2.11. The second kappa shape index (κ2) is 6.39. The largest absolute Gasteiger partial charge is 0.268 e. The Kier molecular flexibility index (Phi) is 4.05. The molecule has 4 aromatic rings. The molecule has 0 fully saturated rings. The van der Waals surface area contributed by atoms with Crippen molar-refractivity contribution in [3.05, 3.63) is 93.7 Å². The first kappa shape index (κ1) is 16.5. The summed E-state index contributed by atoms with van der Waals surface area (Å²) in [5.41, 5.74) is 2.88. The minimum absolute atomic E-state index is 0.152. The second-order valence-corrected chi connectivity index (χ2v) is 6.45. The van der Waals surface area contributed by atoms with Crippen LogP contribution in [0.15, 0.2) is 71.5 Å². The van der Waals surface area contributed by atoms with Gasteiger partial charge >= 0.3 is 0 Å². The number of aromatic nitrogens is 2. The Balaban J connectivity index is 1.90. The SMILES string of the molecule is Cc1nc2cc(-c3ccc(F)cc3)ccc2c(=O)n1-c1cccc(Cl)c1. The summed E-state index contributed by atoms with van der Waals surface area (Å²) in [6.45, 7) is 1.78. The van der Waals surface area contributed by atoms with E-state index >= 15 is 0 Å². The molecule has 1 heterocycles. The summed E-state index contributed by atoms with van der Waals surface area (Å²) in [5, 5.41) is 1.07. The fraction of sp³-hybridized carbons (Fsp3) is 0.0476. The van der Waals surface area contributed by atoms with E-state index in [-0.39, 0.29) is 11.4 Å². The van der Waals surface area contributed by atoms with Crippen molar-refractivity contribution in [2.24, 2.45) is 0 Å². The lowest BCUT2D eigenvalue weighted by molar-refractivity contribution is 0.628. The molecule has 5 heteroatoms. The molecule has 0 N–H and O–H groups in total. The summed E-state index contributed by atoms with van der Waals surface area (Å²) in [6, 6.07) is 18.8. The third kappa shape index (κ3) is 2.89. The zero-order chi connectivity index (χ0) is 18.3. The topological polar surface area (TPSA) is 34.9 Å². The highest BCUT2D eigenvalue weighted by Crippen LogP contribution is 2.23. The lowest BCUT2D eigenvalue weighted by Crippen LogP contribution is -2.22. The molecule has 3 aromatic carbocycles. The van der Waals surface area contributed by atoms with Crippen molar-refractivity contribution in [3.63, 3.8) is 0 Å². The van der Waals surface area contributed by atoms with Gasteiger partial charge < -0.3 is 0 Å². The molecule has 0 amide bonds. The quantitative estimate of drug-likeness (QED) is 0.493. The first-order valence-electron chi connectivity index (χ1n) is 8.08. The molecule has 1 aromatic heterocycles. The summed E-state index contributed by atoms with van der Waals surface area (Å²) in [5.74, 6) is 0.286. The van der Waals surface area contributed by atoms with Gasteiger partial charge in [-0.15, -0.1) is 0 Å². The Bertz CT molecular complexity index is 1180. The maximum atomic E-state index is 13.1. The van der Waals surface area contributed by atoms with E-state index in [1.807, 2.05) is 18.2 Å². The fourth-order valence-electron chi connectivity index (χ4n) is 3.04. The fourth-order valence-corrected chi connectivity index (χ4v) is 3.22. The van der Waals surface area contributed by atoms with Gasteiger partial charge in [0.25, 0.3) is 5.56 Å². The summed E-state index contributed by atoms with van der Waals surface area (Å²) in [4.78, 5) is 17.6. The highest BCUT2D eigenvalue weighted by atomic mass is 35.5. The Labute approximate surface area is 154 Å². The van der Waals surface area contributed by atoms with Gasteiger partial charge in [-0.1, -0.05) is 35.9 Å². The van der Waals surface area contributed by atoms with E-state index in [0.717, 1.165) is 11.1 Å². The van der Waals surface area contributed by atoms with Crippen LogP contribution in [0.1, 0.15) is 5.82 Å². The molecule has 0 aliphatic rings. The van der Waals surface area contributed by atoms with Gasteiger partial charge in [0.15, 0.2) is 0 Å². The first-order valence-corrected chi connectivity index (χ1v) is 8.46. The van der Waals surface area contributed by atoms with Crippen LogP contribution in [-0.2, 0) is 0 Å². The zero-order valence-corrected chi connectivity index (χ0v) is 14.7. The van der Waals surface area contributed by atoms with Crippen molar-refractivity contribution in [1.29, 1.82) is 0 Å². The van der Waals surface area contributed by atoms with Crippen molar-refractivity contribution in [2.75, 3.05) is 0 Å². The average molecular weight is 365 g/mol. The number of hydrogen-bond acceptors (Lipinski definition) is 2. The minimum Gasteiger partial charge on any atom is -0.268 e. The van der Waals surface area contributed by atoms with E-state index in [1.54, 1.807) is 47.9 Å². The molecule has 3 nitrogen and oxygen atoms in total. The first-order chi connectivity index (χ1) is 12.5. The molecule has 0 saturated carbocycles. The average Bonchev–Trinajstić information content (AvgIpc) is 2.62. The van der Waals surface area contributed by atoms with E-state index in [1.165, 1.54) is 12.1 Å². The number of aryl methyl sites for hydroxylation is 1. The van der Waals surface area contributed by atoms with Crippen LogP contribution in [0.2, 0.25) is 5.02 Å². The van der Waals surface area contributed by atoms with Crippen LogP contribution in [0.4, 0.5) is 4.39 Å². The molecule has 0 radical (unpaired) electrons. The number of halogens is 2. The van der Waals surface area contributed by atoms with E-state index in [2.05, 4.69) is 4.98 Å². The number of nitrogens with zero attached hydrogens (tertiary/aromatic N) is 2.